The van der Waals surface area contributed by atoms with Gasteiger partial charge in [0.05, 0.1) is 17.6 Å². The maximum Gasteiger partial charge on any atom is 0.243 e. The van der Waals surface area contributed by atoms with E-state index in [4.69, 9.17) is 0 Å². The zero-order valence-corrected chi connectivity index (χ0v) is 11.6. The Morgan fingerprint density at radius 1 is 1.58 bits per heavy atom. The normalized spacial score (nSPS) is 12.3. The summed E-state index contributed by atoms with van der Waals surface area (Å²) < 4.78 is 1.04. The van der Waals surface area contributed by atoms with Gasteiger partial charge in [0.2, 0.25) is 5.91 Å². The van der Waals surface area contributed by atoms with Crippen LogP contribution in [0.15, 0.2) is 35.5 Å². The van der Waals surface area contributed by atoms with E-state index in [-0.39, 0.29) is 5.91 Å². The van der Waals surface area contributed by atoms with Gasteiger partial charge in [-0.1, -0.05) is 19.9 Å². The number of allylic oxidation sites excluding steroid dienone is 1. The van der Waals surface area contributed by atoms with Crippen LogP contribution < -0.4 is 10.7 Å². The third kappa shape index (κ3) is 5.90. The molecule has 1 rings (SSSR count). The van der Waals surface area contributed by atoms with Gasteiger partial charge >= 0.3 is 0 Å². The molecule has 0 unspecified atom stereocenters. The van der Waals surface area contributed by atoms with E-state index in [1.807, 2.05) is 19.9 Å². The Morgan fingerprint density at radius 3 is 2.95 bits per heavy atom. The van der Waals surface area contributed by atoms with Crippen molar-refractivity contribution in [3.63, 3.8) is 0 Å². The predicted molar refractivity (Wildman–Crippen MR) is 73.8 cm³/mol. The minimum atomic E-state index is -0.0960. The van der Waals surface area contributed by atoms with Crippen molar-refractivity contribution in [3.8, 4) is 0 Å². The lowest BCUT2D eigenvalue weighted by molar-refractivity contribution is -0.116. The molecule has 5 heteroatoms. The number of hydrogen-bond donors (Lipinski definition) is 2. The highest BCUT2D eigenvalue weighted by Crippen LogP contribution is 1.92. The van der Waals surface area contributed by atoms with Crippen molar-refractivity contribution in [2.24, 2.45) is 10.9 Å². The van der Waals surface area contributed by atoms with Crippen LogP contribution in [0, 0.1) is 12.8 Å². The van der Waals surface area contributed by atoms with E-state index in [9.17, 15) is 10.0 Å². The molecule has 2 N–H and O–H groups in total. The van der Waals surface area contributed by atoms with Crippen LogP contribution in [-0.2, 0) is 4.79 Å². The predicted octanol–water partition coefficient (Wildman–Crippen LogP) is 1.26. The summed E-state index contributed by atoms with van der Waals surface area (Å²) in [5, 5.41) is 12.8. The molecule has 1 amide bonds. The second-order valence-electron chi connectivity index (χ2n) is 4.65. The second-order valence-corrected chi connectivity index (χ2v) is 4.65. The summed E-state index contributed by atoms with van der Waals surface area (Å²) in [5.74, 6) is 0.272. The highest BCUT2D eigenvalue weighted by molar-refractivity contribution is 5.87. The number of amides is 1. The maximum atomic E-state index is 11.4. The highest BCUT2D eigenvalue weighted by atomic mass is 16.5. The first-order valence-corrected chi connectivity index (χ1v) is 6.34. The van der Waals surface area contributed by atoms with Gasteiger partial charge < -0.3 is 10.5 Å². The van der Waals surface area contributed by atoms with Crippen LogP contribution in [0.3, 0.4) is 0 Å². The molecule has 0 aromatic carbocycles. The zero-order valence-electron chi connectivity index (χ0n) is 11.6. The van der Waals surface area contributed by atoms with E-state index in [0.29, 0.717) is 24.7 Å². The first-order chi connectivity index (χ1) is 8.99. The molecule has 0 radical (unpaired) electrons. The summed E-state index contributed by atoms with van der Waals surface area (Å²) in [6.45, 7) is 6.83. The minimum absolute atomic E-state index is 0.0960. The molecule has 0 aliphatic carbocycles. The molecule has 0 fully saturated rings. The standard InChI is InChI=1S/C14H21N3O2/c1-11(2)4-5-14(18)16-8-7-15-13-6-9-17(19)12(3)10-13/h4-6,9-11,19H,7-8H2,1-3H3,(H,16,18). The van der Waals surface area contributed by atoms with E-state index in [2.05, 4.69) is 10.3 Å². The van der Waals surface area contributed by atoms with E-state index in [1.165, 1.54) is 6.20 Å². The molecule has 0 bridgehead atoms. The Morgan fingerprint density at radius 2 is 2.32 bits per heavy atom. The second kappa shape index (κ2) is 7.41. The monoisotopic (exact) mass is 263 g/mol. The fourth-order valence-corrected chi connectivity index (χ4v) is 1.39. The third-order valence-electron chi connectivity index (χ3n) is 2.44. The lowest BCUT2D eigenvalue weighted by Gasteiger charge is -2.01. The van der Waals surface area contributed by atoms with Gasteiger partial charge in [0, 0.05) is 12.7 Å². The zero-order chi connectivity index (χ0) is 14.3. The molecule has 0 spiro atoms. The molecule has 104 valence electrons. The topological polar surface area (TPSA) is 66.6 Å². The number of nitrogens with one attached hydrogen (secondary N) is 1. The quantitative estimate of drug-likeness (QED) is 0.477. The SMILES string of the molecule is Cc1cc(=NCCNC(=O)C=CC(C)C)ccn1O. The molecular formula is C14H21N3O2. The fourth-order valence-electron chi connectivity index (χ4n) is 1.39. The van der Waals surface area contributed by atoms with Gasteiger partial charge in [-0.25, -0.2) is 0 Å². The van der Waals surface area contributed by atoms with Gasteiger partial charge in [-0.15, -0.1) is 0 Å². The van der Waals surface area contributed by atoms with Gasteiger partial charge in [0.15, 0.2) is 0 Å². The average molecular weight is 263 g/mol. The number of rotatable bonds is 5. The number of pyridine rings is 1. The van der Waals surface area contributed by atoms with Gasteiger partial charge in [0.1, 0.15) is 0 Å². The van der Waals surface area contributed by atoms with Crippen molar-refractivity contribution < 1.29 is 10.0 Å². The Kier molecular flexibility index (Phi) is 5.85. The van der Waals surface area contributed by atoms with Crippen LogP contribution in [0.5, 0.6) is 0 Å². The van der Waals surface area contributed by atoms with Crippen LogP contribution in [0.1, 0.15) is 19.5 Å². The van der Waals surface area contributed by atoms with Gasteiger partial charge in [-0.3, -0.25) is 9.79 Å². The number of aromatic nitrogens is 1. The summed E-state index contributed by atoms with van der Waals surface area (Å²) in [6.07, 6.45) is 4.94. The molecule has 1 heterocycles. The molecule has 0 atom stereocenters. The Balaban J connectivity index is 2.41. The van der Waals surface area contributed by atoms with E-state index < -0.39 is 0 Å². The Bertz CT molecular complexity index is 516. The summed E-state index contributed by atoms with van der Waals surface area (Å²) >= 11 is 0. The number of nitrogens with zero attached hydrogens (tertiary/aromatic N) is 2. The van der Waals surface area contributed by atoms with E-state index in [0.717, 1.165) is 10.1 Å². The van der Waals surface area contributed by atoms with Crippen molar-refractivity contribution >= 4 is 5.91 Å². The van der Waals surface area contributed by atoms with Crippen molar-refractivity contribution in [1.29, 1.82) is 0 Å². The van der Waals surface area contributed by atoms with Crippen LogP contribution in [0.4, 0.5) is 0 Å². The third-order valence-corrected chi connectivity index (χ3v) is 2.44. The smallest absolute Gasteiger partial charge is 0.243 e. The summed E-state index contributed by atoms with van der Waals surface area (Å²) in [4.78, 5) is 15.7. The minimum Gasteiger partial charge on any atom is -0.429 e. The maximum absolute atomic E-state index is 11.4. The summed E-state index contributed by atoms with van der Waals surface area (Å²) in [5.41, 5.74) is 0.713. The lowest BCUT2D eigenvalue weighted by atomic mass is 10.2. The molecule has 1 aromatic heterocycles. The van der Waals surface area contributed by atoms with Crippen molar-refractivity contribution in [2.45, 2.75) is 20.8 Å². The molecular weight excluding hydrogens is 242 g/mol. The molecule has 0 aliphatic heterocycles. The summed E-state index contributed by atoms with van der Waals surface area (Å²) in [6, 6.07) is 3.49. The molecule has 0 saturated heterocycles. The van der Waals surface area contributed by atoms with Gasteiger partial charge in [-0.2, -0.15) is 4.73 Å². The van der Waals surface area contributed by atoms with Gasteiger partial charge in [0.25, 0.3) is 0 Å². The molecule has 0 aliphatic rings. The van der Waals surface area contributed by atoms with E-state index in [1.54, 1.807) is 25.1 Å². The van der Waals surface area contributed by atoms with Crippen LogP contribution in [0.2, 0.25) is 0 Å². The van der Waals surface area contributed by atoms with Crippen LogP contribution in [-0.4, -0.2) is 28.9 Å². The fraction of sp³-hybridized carbons (Fsp3) is 0.429. The van der Waals surface area contributed by atoms with Crippen LogP contribution >= 0.6 is 0 Å². The van der Waals surface area contributed by atoms with Crippen molar-refractivity contribution in [1.82, 2.24) is 10.0 Å². The average Bonchev–Trinajstić information content (AvgIpc) is 2.36. The van der Waals surface area contributed by atoms with Gasteiger partial charge in [-0.05, 0) is 31.1 Å². The molecule has 0 saturated carbocycles. The van der Waals surface area contributed by atoms with Crippen molar-refractivity contribution in [3.05, 3.63) is 41.5 Å². The van der Waals surface area contributed by atoms with E-state index >= 15 is 0 Å². The summed E-state index contributed by atoms with van der Waals surface area (Å²) in [7, 11) is 0. The lowest BCUT2D eigenvalue weighted by Crippen LogP contribution is -2.24. The Labute approximate surface area is 113 Å². The molecule has 1 aromatic rings. The molecule has 19 heavy (non-hydrogen) atoms. The number of carbonyl (C=O) groups is 1. The Hall–Kier alpha value is -2.04. The molecule has 5 nitrogen and oxygen atoms in total. The largest absolute Gasteiger partial charge is 0.429 e. The number of aryl methyl sites for hydroxylation is 1. The van der Waals surface area contributed by atoms with Crippen molar-refractivity contribution in [2.75, 3.05) is 13.1 Å². The number of carbonyl (C=O) groups excluding carboxylic acids is 1. The first-order valence-electron chi connectivity index (χ1n) is 6.34. The number of hydrogen-bond acceptors (Lipinski definition) is 3. The first kappa shape index (κ1) is 15.0. The van der Waals surface area contributed by atoms with Crippen LogP contribution in [0.25, 0.3) is 0 Å². The highest BCUT2D eigenvalue weighted by Gasteiger charge is 1.94.